The average Bonchev–Trinajstić information content (AvgIpc) is 2.51. The number of rotatable bonds is 9. The van der Waals surface area contributed by atoms with Crippen molar-refractivity contribution < 1.29 is 4.79 Å². The van der Waals surface area contributed by atoms with E-state index in [9.17, 15) is 4.79 Å². The molecule has 0 spiro atoms. The predicted molar refractivity (Wildman–Crippen MR) is 93.9 cm³/mol. The Balaban J connectivity index is 2.41. The summed E-state index contributed by atoms with van der Waals surface area (Å²) in [4.78, 5) is 11.7. The van der Waals surface area contributed by atoms with Crippen LogP contribution in [0.25, 0.3) is 0 Å². The van der Waals surface area contributed by atoms with E-state index in [1.165, 1.54) is 11.1 Å². The third kappa shape index (κ3) is 6.59. The Hall–Kier alpha value is -2.07. The van der Waals surface area contributed by atoms with Crippen molar-refractivity contribution in [3.63, 3.8) is 0 Å². The maximum Gasteiger partial charge on any atom is 0.237 e. The van der Waals surface area contributed by atoms with Gasteiger partial charge in [0.1, 0.15) is 0 Å². The summed E-state index contributed by atoms with van der Waals surface area (Å²) in [7, 11) is 1.76. The van der Waals surface area contributed by atoms with Crippen LogP contribution in [0.1, 0.15) is 25.8 Å². The summed E-state index contributed by atoms with van der Waals surface area (Å²) in [6.45, 7) is 12.1. The molecular weight excluding hydrogens is 274 g/mol. The lowest BCUT2D eigenvalue weighted by Gasteiger charge is -2.14. The zero-order valence-electron chi connectivity index (χ0n) is 13.8. The number of hydrogen-bond acceptors (Lipinski definition) is 3. The van der Waals surface area contributed by atoms with E-state index >= 15 is 0 Å². The molecule has 0 heterocycles. The van der Waals surface area contributed by atoms with Crippen LogP contribution < -0.4 is 16.0 Å². The highest BCUT2D eigenvalue weighted by Gasteiger charge is 2.09. The van der Waals surface area contributed by atoms with Crippen molar-refractivity contribution in [3.05, 3.63) is 54.3 Å². The Labute approximate surface area is 133 Å². The van der Waals surface area contributed by atoms with Crippen LogP contribution in [0.5, 0.6) is 0 Å². The molecular formula is C18H27N3O. The number of benzene rings is 1. The van der Waals surface area contributed by atoms with Crippen molar-refractivity contribution >= 4 is 11.6 Å². The number of aryl methyl sites for hydroxylation is 1. The average molecular weight is 301 g/mol. The van der Waals surface area contributed by atoms with Crippen LogP contribution >= 0.6 is 0 Å². The number of allylic oxidation sites excluding steroid dienone is 1. The largest absolute Gasteiger partial charge is 0.358 e. The van der Waals surface area contributed by atoms with E-state index in [1.807, 2.05) is 26.0 Å². The summed E-state index contributed by atoms with van der Waals surface area (Å²) in [5, 5.41) is 8.92. The summed E-state index contributed by atoms with van der Waals surface area (Å²) >= 11 is 0. The molecule has 0 fully saturated rings. The molecule has 0 aliphatic rings. The second-order valence-electron chi connectivity index (χ2n) is 5.61. The van der Waals surface area contributed by atoms with Gasteiger partial charge in [0.15, 0.2) is 0 Å². The van der Waals surface area contributed by atoms with Crippen molar-refractivity contribution in [2.75, 3.05) is 18.9 Å². The lowest BCUT2D eigenvalue weighted by atomic mass is 10.1. The molecule has 22 heavy (non-hydrogen) atoms. The van der Waals surface area contributed by atoms with Crippen LogP contribution in [0.2, 0.25) is 0 Å². The topological polar surface area (TPSA) is 53.2 Å². The van der Waals surface area contributed by atoms with Crippen LogP contribution in [0.4, 0.5) is 5.69 Å². The van der Waals surface area contributed by atoms with E-state index in [2.05, 4.69) is 41.2 Å². The lowest BCUT2D eigenvalue weighted by Crippen LogP contribution is -2.41. The molecule has 1 amide bonds. The van der Waals surface area contributed by atoms with Gasteiger partial charge in [-0.2, -0.15) is 0 Å². The minimum absolute atomic E-state index is 0.0411. The Kier molecular flexibility index (Phi) is 7.40. The molecule has 1 rings (SSSR count). The molecule has 4 heteroatoms. The predicted octanol–water partition coefficient (Wildman–Crippen LogP) is 2.85. The molecule has 0 radical (unpaired) electrons. The number of hydrogen-bond donors (Lipinski definition) is 3. The van der Waals surface area contributed by atoms with Gasteiger partial charge in [-0.05, 0) is 51.4 Å². The summed E-state index contributed by atoms with van der Waals surface area (Å²) in [6, 6.07) is 8.04. The molecule has 0 saturated heterocycles. The molecule has 4 nitrogen and oxygen atoms in total. The SMILES string of the molecule is C=C(C)CCc1ccc(NC(=C)CNC(=O)C(C)NC)cc1. The quantitative estimate of drug-likeness (QED) is 0.615. The van der Waals surface area contributed by atoms with Gasteiger partial charge in [0, 0.05) is 11.4 Å². The lowest BCUT2D eigenvalue weighted by molar-refractivity contribution is -0.122. The number of carbonyl (C=O) groups excluding carboxylic acids is 1. The van der Waals surface area contributed by atoms with E-state index in [1.54, 1.807) is 7.05 Å². The van der Waals surface area contributed by atoms with Gasteiger partial charge in [0.25, 0.3) is 0 Å². The highest BCUT2D eigenvalue weighted by Crippen LogP contribution is 2.13. The van der Waals surface area contributed by atoms with Gasteiger partial charge >= 0.3 is 0 Å². The second-order valence-corrected chi connectivity index (χ2v) is 5.61. The first-order valence-corrected chi connectivity index (χ1v) is 7.55. The van der Waals surface area contributed by atoms with E-state index < -0.39 is 0 Å². The third-order valence-corrected chi connectivity index (χ3v) is 3.42. The fraction of sp³-hybridized carbons (Fsp3) is 0.389. The van der Waals surface area contributed by atoms with Gasteiger partial charge in [0.2, 0.25) is 5.91 Å². The summed E-state index contributed by atoms with van der Waals surface area (Å²) in [5.41, 5.74) is 4.21. The molecule has 3 N–H and O–H groups in total. The van der Waals surface area contributed by atoms with Gasteiger partial charge in [-0.3, -0.25) is 4.79 Å². The number of likely N-dealkylation sites (N-methyl/N-ethyl adjacent to an activating group) is 1. The van der Waals surface area contributed by atoms with Crippen molar-refractivity contribution in [1.82, 2.24) is 10.6 Å². The second kappa shape index (κ2) is 9.05. The van der Waals surface area contributed by atoms with Gasteiger partial charge < -0.3 is 16.0 Å². The number of anilines is 1. The Morgan fingerprint density at radius 2 is 1.86 bits per heavy atom. The first-order chi connectivity index (χ1) is 10.4. The Bertz CT molecular complexity index is 520. The summed E-state index contributed by atoms with van der Waals surface area (Å²) in [6.07, 6.45) is 2.02. The van der Waals surface area contributed by atoms with E-state index in [4.69, 9.17) is 0 Å². The molecule has 0 aliphatic carbocycles. The van der Waals surface area contributed by atoms with Gasteiger partial charge in [0.05, 0.1) is 12.6 Å². The molecule has 1 atom stereocenters. The smallest absolute Gasteiger partial charge is 0.237 e. The number of amides is 1. The Morgan fingerprint density at radius 1 is 1.23 bits per heavy atom. The van der Waals surface area contributed by atoms with Crippen molar-refractivity contribution in [2.24, 2.45) is 0 Å². The fourth-order valence-electron chi connectivity index (χ4n) is 1.84. The highest BCUT2D eigenvalue weighted by atomic mass is 16.2. The van der Waals surface area contributed by atoms with E-state index in [0.717, 1.165) is 24.2 Å². The van der Waals surface area contributed by atoms with Crippen LogP contribution in [0.15, 0.2) is 48.7 Å². The molecule has 0 aliphatic heterocycles. The monoisotopic (exact) mass is 301 g/mol. The maximum atomic E-state index is 11.7. The number of nitrogens with one attached hydrogen (secondary N) is 3. The molecule has 0 saturated carbocycles. The third-order valence-electron chi connectivity index (χ3n) is 3.42. The minimum Gasteiger partial charge on any atom is -0.358 e. The summed E-state index contributed by atoms with van der Waals surface area (Å²) in [5.74, 6) is -0.0411. The molecule has 0 bridgehead atoms. The Morgan fingerprint density at radius 3 is 2.41 bits per heavy atom. The van der Waals surface area contributed by atoms with E-state index in [0.29, 0.717) is 6.54 Å². The van der Waals surface area contributed by atoms with Crippen LogP contribution in [0, 0.1) is 0 Å². The standard InChI is InChI=1S/C18H27N3O/c1-13(2)6-7-16-8-10-17(11-9-16)21-14(3)12-20-18(22)15(4)19-5/h8-11,15,19,21H,1,3,6-7,12H2,2,4-5H3,(H,20,22). The molecule has 1 aromatic carbocycles. The fourth-order valence-corrected chi connectivity index (χ4v) is 1.84. The minimum atomic E-state index is -0.208. The first kappa shape index (κ1) is 18.0. The van der Waals surface area contributed by atoms with Crippen molar-refractivity contribution in [3.8, 4) is 0 Å². The highest BCUT2D eigenvalue weighted by molar-refractivity contribution is 5.81. The molecule has 120 valence electrons. The van der Waals surface area contributed by atoms with Crippen LogP contribution in [-0.4, -0.2) is 25.5 Å². The number of carbonyl (C=O) groups is 1. The first-order valence-electron chi connectivity index (χ1n) is 7.55. The van der Waals surface area contributed by atoms with Crippen molar-refractivity contribution in [1.29, 1.82) is 0 Å². The maximum absolute atomic E-state index is 11.7. The summed E-state index contributed by atoms with van der Waals surface area (Å²) < 4.78 is 0. The van der Waals surface area contributed by atoms with Crippen LogP contribution in [0.3, 0.4) is 0 Å². The van der Waals surface area contributed by atoms with Gasteiger partial charge in [-0.1, -0.05) is 24.3 Å². The zero-order chi connectivity index (χ0) is 16.5. The zero-order valence-corrected chi connectivity index (χ0v) is 13.8. The molecule has 0 aromatic heterocycles. The molecule has 1 unspecified atom stereocenters. The van der Waals surface area contributed by atoms with Crippen molar-refractivity contribution in [2.45, 2.75) is 32.7 Å². The molecule has 1 aromatic rings. The van der Waals surface area contributed by atoms with Crippen LogP contribution in [-0.2, 0) is 11.2 Å². The van der Waals surface area contributed by atoms with Gasteiger partial charge in [-0.15, -0.1) is 6.58 Å². The normalized spacial score (nSPS) is 11.6. The van der Waals surface area contributed by atoms with Gasteiger partial charge in [-0.25, -0.2) is 0 Å². The van der Waals surface area contributed by atoms with E-state index in [-0.39, 0.29) is 11.9 Å².